The Morgan fingerprint density at radius 3 is 2.75 bits per heavy atom. The Hall–Kier alpha value is -0.870. The largest absolute Gasteiger partial charge is 0.335 e. The number of thiophene rings is 1. The molecule has 1 amide bonds. The normalized spacial score (nSPS) is 24.2. The van der Waals surface area contributed by atoms with E-state index < -0.39 is 0 Å². The van der Waals surface area contributed by atoms with Crippen LogP contribution in [-0.2, 0) is 0 Å². The molecule has 0 N–H and O–H groups in total. The van der Waals surface area contributed by atoms with Crippen molar-refractivity contribution in [2.24, 2.45) is 0 Å². The average Bonchev–Trinajstić information content (AvgIpc) is 3.18. The molecule has 110 valence electrons. The summed E-state index contributed by atoms with van der Waals surface area (Å²) in [5.74, 6) is 0.256. The van der Waals surface area contributed by atoms with Crippen LogP contribution in [0.2, 0.25) is 0 Å². The Labute approximate surface area is 125 Å². The summed E-state index contributed by atoms with van der Waals surface area (Å²) in [7, 11) is 0. The lowest BCUT2D eigenvalue weighted by molar-refractivity contribution is 0.0593. The maximum Gasteiger partial charge on any atom is 0.264 e. The van der Waals surface area contributed by atoms with Gasteiger partial charge < -0.3 is 9.80 Å². The van der Waals surface area contributed by atoms with E-state index in [1.54, 1.807) is 11.3 Å². The fraction of sp³-hybridized carbons (Fsp3) is 0.688. The molecule has 2 saturated heterocycles. The molecule has 2 aliphatic heterocycles. The van der Waals surface area contributed by atoms with Crippen molar-refractivity contribution >= 4 is 17.2 Å². The zero-order valence-corrected chi connectivity index (χ0v) is 12.9. The van der Waals surface area contributed by atoms with Crippen molar-refractivity contribution in [1.29, 1.82) is 0 Å². The molecule has 0 saturated carbocycles. The van der Waals surface area contributed by atoms with E-state index in [-0.39, 0.29) is 5.91 Å². The van der Waals surface area contributed by atoms with Gasteiger partial charge in [0.05, 0.1) is 4.88 Å². The number of hydrogen-bond donors (Lipinski definition) is 0. The number of amides is 1. The third-order valence-corrected chi connectivity index (χ3v) is 5.46. The maximum atomic E-state index is 12.6. The van der Waals surface area contributed by atoms with Crippen molar-refractivity contribution in [2.75, 3.05) is 26.2 Å². The average molecular weight is 292 g/mol. The molecule has 20 heavy (non-hydrogen) atoms. The Morgan fingerprint density at radius 2 is 2.00 bits per heavy atom. The first kappa shape index (κ1) is 14.1. The molecule has 0 spiro atoms. The minimum absolute atomic E-state index is 0.256. The summed E-state index contributed by atoms with van der Waals surface area (Å²) in [6, 6.07) is 4.39. The van der Waals surface area contributed by atoms with Gasteiger partial charge in [-0.3, -0.25) is 4.79 Å². The molecule has 1 aromatic rings. The molecule has 2 fully saturated rings. The lowest BCUT2D eigenvalue weighted by Gasteiger charge is -2.36. The first-order chi connectivity index (χ1) is 9.84. The Morgan fingerprint density at radius 1 is 1.20 bits per heavy atom. The number of nitrogens with zero attached hydrogens (tertiary/aromatic N) is 2. The van der Waals surface area contributed by atoms with Gasteiger partial charge in [-0.05, 0) is 63.1 Å². The van der Waals surface area contributed by atoms with Crippen LogP contribution >= 0.6 is 11.3 Å². The zero-order valence-electron chi connectivity index (χ0n) is 12.1. The van der Waals surface area contributed by atoms with E-state index >= 15 is 0 Å². The molecule has 3 rings (SSSR count). The second kappa shape index (κ2) is 6.72. The molecule has 0 aromatic carbocycles. The SMILES string of the molecule is O=C(c1cccs1)N1CCCC[C@H]1CCN1CCCC1. The predicted molar refractivity (Wildman–Crippen MR) is 83.3 cm³/mol. The summed E-state index contributed by atoms with van der Waals surface area (Å²) in [6.07, 6.45) is 7.48. The topological polar surface area (TPSA) is 23.6 Å². The van der Waals surface area contributed by atoms with E-state index in [9.17, 15) is 4.79 Å². The van der Waals surface area contributed by atoms with Crippen molar-refractivity contribution in [3.63, 3.8) is 0 Å². The van der Waals surface area contributed by atoms with Crippen molar-refractivity contribution < 1.29 is 4.79 Å². The molecular weight excluding hydrogens is 268 g/mol. The van der Waals surface area contributed by atoms with Crippen molar-refractivity contribution in [2.45, 2.75) is 44.6 Å². The van der Waals surface area contributed by atoms with Crippen LogP contribution in [0.1, 0.15) is 48.2 Å². The molecular formula is C16H24N2OS. The molecule has 1 atom stereocenters. The molecule has 0 aliphatic carbocycles. The number of piperidine rings is 1. The van der Waals surface area contributed by atoms with Gasteiger partial charge in [-0.15, -0.1) is 11.3 Å². The van der Waals surface area contributed by atoms with E-state index in [2.05, 4.69) is 9.80 Å². The van der Waals surface area contributed by atoms with Crippen LogP contribution < -0.4 is 0 Å². The summed E-state index contributed by atoms with van der Waals surface area (Å²) < 4.78 is 0. The zero-order chi connectivity index (χ0) is 13.8. The van der Waals surface area contributed by atoms with Crippen LogP contribution in [0, 0.1) is 0 Å². The lowest BCUT2D eigenvalue weighted by atomic mass is 9.99. The molecule has 2 aliphatic rings. The van der Waals surface area contributed by atoms with Gasteiger partial charge in [-0.25, -0.2) is 0 Å². The quantitative estimate of drug-likeness (QED) is 0.850. The fourth-order valence-corrected chi connectivity index (χ4v) is 4.13. The van der Waals surface area contributed by atoms with E-state index in [1.807, 2.05) is 17.5 Å². The van der Waals surface area contributed by atoms with E-state index in [4.69, 9.17) is 0 Å². The van der Waals surface area contributed by atoms with Gasteiger partial charge in [-0.1, -0.05) is 6.07 Å². The van der Waals surface area contributed by atoms with Gasteiger partial charge in [0.1, 0.15) is 0 Å². The van der Waals surface area contributed by atoms with Crippen LogP contribution in [0.25, 0.3) is 0 Å². The van der Waals surface area contributed by atoms with Crippen LogP contribution in [0.3, 0.4) is 0 Å². The van der Waals surface area contributed by atoms with Crippen molar-refractivity contribution in [3.8, 4) is 0 Å². The number of rotatable bonds is 4. The molecule has 0 unspecified atom stereocenters. The second-order valence-electron chi connectivity index (χ2n) is 5.96. The third-order valence-electron chi connectivity index (χ3n) is 4.60. The predicted octanol–water partition coefficient (Wildman–Crippen LogP) is 3.23. The summed E-state index contributed by atoms with van der Waals surface area (Å²) in [5, 5.41) is 2.00. The standard InChI is InChI=1S/C16H24N2OS/c19-16(15-7-5-13-20-15)18-11-2-1-6-14(18)8-12-17-9-3-4-10-17/h5,7,13-14H,1-4,6,8-12H2/t14-/m0/s1. The molecule has 0 radical (unpaired) electrons. The van der Waals surface area contributed by atoms with Crippen LogP contribution in [-0.4, -0.2) is 47.9 Å². The van der Waals surface area contributed by atoms with Gasteiger partial charge >= 0.3 is 0 Å². The third kappa shape index (κ3) is 3.23. The maximum absolute atomic E-state index is 12.6. The molecule has 4 heteroatoms. The van der Waals surface area contributed by atoms with E-state index in [0.717, 1.165) is 24.3 Å². The summed E-state index contributed by atoms with van der Waals surface area (Å²) >= 11 is 1.57. The number of carbonyl (C=O) groups excluding carboxylic acids is 1. The highest BCUT2D eigenvalue weighted by Crippen LogP contribution is 2.24. The highest BCUT2D eigenvalue weighted by atomic mass is 32.1. The molecule has 3 nitrogen and oxygen atoms in total. The first-order valence-electron chi connectivity index (χ1n) is 7.91. The van der Waals surface area contributed by atoms with E-state index in [0.29, 0.717) is 6.04 Å². The minimum atomic E-state index is 0.256. The van der Waals surface area contributed by atoms with Crippen LogP contribution in [0.15, 0.2) is 17.5 Å². The van der Waals surface area contributed by atoms with Gasteiger partial charge in [0.25, 0.3) is 5.91 Å². The Kier molecular flexibility index (Phi) is 4.73. The molecule has 0 bridgehead atoms. The molecule has 1 aromatic heterocycles. The van der Waals surface area contributed by atoms with Crippen molar-refractivity contribution in [1.82, 2.24) is 9.80 Å². The van der Waals surface area contributed by atoms with Gasteiger partial charge in [0, 0.05) is 19.1 Å². The summed E-state index contributed by atoms with van der Waals surface area (Å²) in [6.45, 7) is 4.62. The number of carbonyl (C=O) groups is 1. The lowest BCUT2D eigenvalue weighted by Crippen LogP contribution is -2.44. The monoisotopic (exact) mass is 292 g/mol. The second-order valence-corrected chi connectivity index (χ2v) is 6.91. The Balaban J connectivity index is 1.59. The van der Waals surface area contributed by atoms with Gasteiger partial charge in [0.2, 0.25) is 0 Å². The summed E-state index contributed by atoms with van der Waals surface area (Å²) in [5.41, 5.74) is 0. The van der Waals surface area contributed by atoms with Gasteiger partial charge in [0.15, 0.2) is 0 Å². The Bertz CT molecular complexity index is 426. The van der Waals surface area contributed by atoms with Crippen LogP contribution in [0.4, 0.5) is 0 Å². The fourth-order valence-electron chi connectivity index (χ4n) is 3.45. The van der Waals surface area contributed by atoms with Gasteiger partial charge in [-0.2, -0.15) is 0 Å². The molecule has 3 heterocycles. The number of hydrogen-bond acceptors (Lipinski definition) is 3. The summed E-state index contributed by atoms with van der Waals surface area (Å²) in [4.78, 5) is 18.2. The van der Waals surface area contributed by atoms with E-state index in [1.165, 1.54) is 45.3 Å². The minimum Gasteiger partial charge on any atom is -0.335 e. The first-order valence-corrected chi connectivity index (χ1v) is 8.79. The smallest absolute Gasteiger partial charge is 0.264 e. The highest BCUT2D eigenvalue weighted by Gasteiger charge is 2.28. The van der Waals surface area contributed by atoms with Crippen LogP contribution in [0.5, 0.6) is 0 Å². The number of likely N-dealkylation sites (tertiary alicyclic amines) is 2. The van der Waals surface area contributed by atoms with Crippen molar-refractivity contribution in [3.05, 3.63) is 22.4 Å². The highest BCUT2D eigenvalue weighted by molar-refractivity contribution is 7.12.